The third kappa shape index (κ3) is 5.68. The van der Waals surface area contributed by atoms with Crippen molar-refractivity contribution in [3.05, 3.63) is 84.4 Å². The second-order valence-electron chi connectivity index (χ2n) is 6.72. The number of carbonyl (C=O) groups is 2. The van der Waals surface area contributed by atoms with Crippen LogP contribution < -0.4 is 0 Å². The van der Waals surface area contributed by atoms with Gasteiger partial charge in [0.05, 0.1) is 12.7 Å². The number of likely N-dealkylation sites (tertiary alicyclic amines) is 1. The molecule has 1 amide bonds. The summed E-state index contributed by atoms with van der Waals surface area (Å²) in [6, 6.07) is 17.9. The molecule has 0 aliphatic carbocycles. The van der Waals surface area contributed by atoms with Crippen LogP contribution >= 0.6 is 0 Å². The number of rotatable bonds is 8. The van der Waals surface area contributed by atoms with Crippen molar-refractivity contribution >= 4 is 12.1 Å². The van der Waals surface area contributed by atoms with Crippen molar-refractivity contribution in [3.63, 3.8) is 0 Å². The molecule has 1 fully saturated rings. The monoisotopic (exact) mass is 395 g/mol. The largest absolute Gasteiger partial charge is 0.459 e. The predicted molar refractivity (Wildman–Crippen MR) is 108 cm³/mol. The molecule has 0 radical (unpaired) electrons. The molecule has 0 unspecified atom stereocenters. The minimum Gasteiger partial charge on any atom is -0.459 e. The van der Waals surface area contributed by atoms with Gasteiger partial charge in [0.2, 0.25) is 0 Å². The van der Waals surface area contributed by atoms with Crippen LogP contribution in [-0.2, 0) is 32.2 Å². The van der Waals surface area contributed by atoms with E-state index in [2.05, 4.69) is 6.58 Å². The molecule has 1 aliphatic rings. The van der Waals surface area contributed by atoms with Crippen LogP contribution in [0.1, 0.15) is 17.5 Å². The molecule has 2 atom stereocenters. The Morgan fingerprint density at radius 2 is 1.55 bits per heavy atom. The van der Waals surface area contributed by atoms with E-state index in [9.17, 15) is 9.59 Å². The lowest BCUT2D eigenvalue weighted by Gasteiger charge is -2.25. The molecule has 0 bridgehead atoms. The lowest BCUT2D eigenvalue weighted by molar-refractivity contribution is -0.153. The third-order valence-electron chi connectivity index (χ3n) is 4.68. The molecule has 6 heteroatoms. The van der Waals surface area contributed by atoms with Crippen molar-refractivity contribution in [2.45, 2.75) is 31.8 Å². The molecule has 29 heavy (non-hydrogen) atoms. The maximum Gasteiger partial charge on any atom is 0.410 e. The lowest BCUT2D eigenvalue weighted by atomic mass is 10.1. The minimum absolute atomic E-state index is 0.136. The van der Waals surface area contributed by atoms with E-state index in [0.29, 0.717) is 19.6 Å². The van der Waals surface area contributed by atoms with E-state index < -0.39 is 24.2 Å². The van der Waals surface area contributed by atoms with E-state index in [4.69, 9.17) is 14.2 Å². The molecule has 0 aromatic heterocycles. The van der Waals surface area contributed by atoms with Gasteiger partial charge >= 0.3 is 12.1 Å². The van der Waals surface area contributed by atoms with Gasteiger partial charge in [-0.25, -0.2) is 9.59 Å². The Labute approximate surface area is 170 Å². The molecule has 6 nitrogen and oxygen atoms in total. The van der Waals surface area contributed by atoms with Gasteiger partial charge < -0.3 is 14.2 Å². The molecule has 152 valence electrons. The highest BCUT2D eigenvalue weighted by molar-refractivity contribution is 5.83. The second-order valence-corrected chi connectivity index (χ2v) is 6.72. The zero-order valence-corrected chi connectivity index (χ0v) is 16.2. The number of hydrogen-bond acceptors (Lipinski definition) is 5. The number of nitrogens with zero attached hydrogens (tertiary/aromatic N) is 1. The first-order chi connectivity index (χ1) is 14.2. The molecule has 1 aliphatic heterocycles. The van der Waals surface area contributed by atoms with Crippen LogP contribution in [-0.4, -0.2) is 42.3 Å². The first-order valence-electron chi connectivity index (χ1n) is 9.59. The summed E-state index contributed by atoms with van der Waals surface area (Å²) in [5, 5.41) is 0. The van der Waals surface area contributed by atoms with Gasteiger partial charge in [-0.3, -0.25) is 4.90 Å². The maximum atomic E-state index is 12.8. The van der Waals surface area contributed by atoms with E-state index >= 15 is 0 Å². The quantitative estimate of drug-likeness (QED) is 0.504. The minimum atomic E-state index is -0.845. The molecular formula is C23H25NO5. The molecule has 2 aromatic rings. The van der Waals surface area contributed by atoms with Gasteiger partial charge in [-0.15, -0.1) is 6.58 Å². The van der Waals surface area contributed by atoms with Gasteiger partial charge in [-0.05, 0) is 17.5 Å². The number of ether oxygens (including phenoxy) is 3. The van der Waals surface area contributed by atoms with Crippen LogP contribution in [0.2, 0.25) is 0 Å². The Morgan fingerprint density at radius 1 is 0.966 bits per heavy atom. The van der Waals surface area contributed by atoms with Gasteiger partial charge in [-0.2, -0.15) is 0 Å². The highest BCUT2D eigenvalue weighted by Gasteiger charge is 2.44. The zero-order chi connectivity index (χ0) is 20.5. The Hall–Kier alpha value is -3.12. The Bertz CT molecular complexity index is 809. The van der Waals surface area contributed by atoms with Crippen molar-refractivity contribution in [2.75, 3.05) is 13.2 Å². The highest BCUT2D eigenvalue weighted by Crippen LogP contribution is 2.24. The Kier molecular flexibility index (Phi) is 7.41. The number of benzene rings is 2. The lowest BCUT2D eigenvalue weighted by Crippen LogP contribution is -2.46. The summed E-state index contributed by atoms with van der Waals surface area (Å²) in [5.74, 6) is -0.503. The average molecular weight is 395 g/mol. The molecule has 0 saturated carbocycles. The van der Waals surface area contributed by atoms with Crippen LogP contribution in [0.25, 0.3) is 0 Å². The average Bonchev–Trinajstić information content (AvgIpc) is 3.20. The normalized spacial score (nSPS) is 18.3. The number of amides is 1. The summed E-state index contributed by atoms with van der Waals surface area (Å²) in [6.45, 7) is 4.57. The van der Waals surface area contributed by atoms with Crippen LogP contribution in [0.3, 0.4) is 0 Å². The Balaban J connectivity index is 1.64. The maximum absolute atomic E-state index is 12.8. The molecule has 1 saturated heterocycles. The number of carbonyl (C=O) groups excluding carboxylic acids is 2. The fourth-order valence-electron chi connectivity index (χ4n) is 3.23. The van der Waals surface area contributed by atoms with E-state index in [1.54, 1.807) is 6.08 Å². The summed E-state index contributed by atoms with van der Waals surface area (Å²) in [5.41, 5.74) is 1.75. The zero-order valence-electron chi connectivity index (χ0n) is 16.2. The van der Waals surface area contributed by atoms with Crippen molar-refractivity contribution in [2.24, 2.45) is 0 Å². The molecule has 0 N–H and O–H groups in total. The van der Waals surface area contributed by atoms with Gasteiger partial charge in [-0.1, -0.05) is 66.7 Å². The van der Waals surface area contributed by atoms with Crippen molar-refractivity contribution in [1.29, 1.82) is 0 Å². The van der Waals surface area contributed by atoms with Gasteiger partial charge in [0.15, 0.2) is 6.04 Å². The summed E-state index contributed by atoms with van der Waals surface area (Å²) >= 11 is 0. The van der Waals surface area contributed by atoms with E-state index in [1.165, 1.54) is 4.90 Å². The van der Waals surface area contributed by atoms with Crippen molar-refractivity contribution < 1.29 is 23.8 Å². The fraction of sp³-hybridized carbons (Fsp3) is 0.304. The Morgan fingerprint density at radius 3 is 2.14 bits per heavy atom. The third-order valence-corrected chi connectivity index (χ3v) is 4.68. The number of hydrogen-bond donors (Lipinski definition) is 0. The summed E-state index contributed by atoms with van der Waals surface area (Å²) < 4.78 is 16.6. The molecule has 2 aromatic carbocycles. The fourth-order valence-corrected chi connectivity index (χ4v) is 3.23. The smallest absolute Gasteiger partial charge is 0.410 e. The summed E-state index contributed by atoms with van der Waals surface area (Å²) in [4.78, 5) is 26.8. The molecule has 0 spiro atoms. The summed E-state index contributed by atoms with van der Waals surface area (Å²) in [7, 11) is 0. The molecule has 1 heterocycles. The first-order valence-corrected chi connectivity index (χ1v) is 9.59. The summed E-state index contributed by atoms with van der Waals surface area (Å²) in [6.07, 6.45) is 1.13. The second kappa shape index (κ2) is 10.4. The van der Waals surface area contributed by atoms with Crippen LogP contribution in [0.5, 0.6) is 0 Å². The first kappa shape index (κ1) is 20.6. The topological polar surface area (TPSA) is 65.1 Å². The van der Waals surface area contributed by atoms with Crippen molar-refractivity contribution in [1.82, 2.24) is 4.90 Å². The predicted octanol–water partition coefficient (Wildman–Crippen LogP) is 3.71. The van der Waals surface area contributed by atoms with Crippen LogP contribution in [0, 0.1) is 0 Å². The van der Waals surface area contributed by atoms with Gasteiger partial charge in [0.25, 0.3) is 0 Å². The van der Waals surface area contributed by atoms with Gasteiger partial charge in [0.1, 0.15) is 13.2 Å². The van der Waals surface area contributed by atoms with E-state index in [-0.39, 0.29) is 13.2 Å². The van der Waals surface area contributed by atoms with E-state index in [0.717, 1.165) is 11.1 Å². The van der Waals surface area contributed by atoms with E-state index in [1.807, 2.05) is 60.7 Å². The van der Waals surface area contributed by atoms with Crippen LogP contribution in [0.15, 0.2) is 73.3 Å². The SMILES string of the molecule is C=CCO[C@@H]1CCN(C(=O)OCc2ccccc2)[C@@H]1C(=O)OCc1ccccc1. The standard InChI is InChI=1S/C23H25NO5/c1-2-15-27-20-13-14-24(23(26)29-17-19-11-7-4-8-12-19)21(20)22(25)28-16-18-9-5-3-6-10-18/h2-12,20-21H,1,13-17H2/t20-,21+/m1/s1. The van der Waals surface area contributed by atoms with Crippen molar-refractivity contribution in [3.8, 4) is 0 Å². The van der Waals surface area contributed by atoms with Gasteiger partial charge in [0, 0.05) is 6.54 Å². The molecule has 3 rings (SSSR count). The molecular weight excluding hydrogens is 370 g/mol. The highest BCUT2D eigenvalue weighted by atomic mass is 16.6. The van der Waals surface area contributed by atoms with Crippen LogP contribution in [0.4, 0.5) is 4.79 Å². The number of esters is 1.